The number of piperazine rings is 3. The third kappa shape index (κ3) is 3.01. The lowest BCUT2D eigenvalue weighted by molar-refractivity contribution is 0.0189. The summed E-state index contributed by atoms with van der Waals surface area (Å²) in [7, 11) is 0. The van der Waals surface area contributed by atoms with Gasteiger partial charge in [-0.2, -0.15) is 0 Å². The van der Waals surface area contributed by atoms with E-state index in [-0.39, 0.29) is 0 Å². The molecule has 130 valence electrons. The Morgan fingerprint density at radius 1 is 1.16 bits per heavy atom. The van der Waals surface area contributed by atoms with Gasteiger partial charge in [0.15, 0.2) is 0 Å². The summed E-state index contributed by atoms with van der Waals surface area (Å²) in [6, 6.07) is 8.32. The number of rotatable bonds is 4. The van der Waals surface area contributed by atoms with Crippen molar-refractivity contribution in [3.8, 4) is 11.3 Å². The molecule has 5 heterocycles. The van der Waals surface area contributed by atoms with Crippen LogP contribution < -0.4 is 5.32 Å². The first kappa shape index (κ1) is 15.6. The molecule has 8 heteroatoms. The predicted octanol–water partition coefficient (Wildman–Crippen LogP) is 2.52. The van der Waals surface area contributed by atoms with Gasteiger partial charge in [0, 0.05) is 55.9 Å². The summed E-state index contributed by atoms with van der Waals surface area (Å²) in [4.78, 5) is 10.7. The van der Waals surface area contributed by atoms with Crippen molar-refractivity contribution in [3.63, 3.8) is 0 Å². The van der Waals surface area contributed by atoms with Crippen molar-refractivity contribution in [3.05, 3.63) is 35.5 Å². The van der Waals surface area contributed by atoms with Crippen LogP contribution in [0.3, 0.4) is 0 Å². The number of aromatic nitrogens is 3. The van der Waals surface area contributed by atoms with Gasteiger partial charge in [-0.1, -0.05) is 35.1 Å². The fourth-order valence-electron chi connectivity index (χ4n) is 3.65. The molecular formula is C17H19ClN6S. The van der Waals surface area contributed by atoms with Gasteiger partial charge in [0.05, 0.1) is 11.9 Å². The van der Waals surface area contributed by atoms with Crippen molar-refractivity contribution in [2.45, 2.75) is 6.04 Å². The highest BCUT2D eigenvalue weighted by molar-refractivity contribution is 7.20. The van der Waals surface area contributed by atoms with Crippen LogP contribution in [0.4, 0.5) is 5.13 Å². The Kier molecular flexibility index (Phi) is 3.89. The zero-order chi connectivity index (χ0) is 16.8. The van der Waals surface area contributed by atoms with Crippen LogP contribution in [-0.4, -0.2) is 69.7 Å². The van der Waals surface area contributed by atoms with Gasteiger partial charge in [0.2, 0.25) is 10.1 Å². The Morgan fingerprint density at radius 3 is 2.64 bits per heavy atom. The van der Waals surface area contributed by atoms with Crippen LogP contribution in [0.2, 0.25) is 5.02 Å². The van der Waals surface area contributed by atoms with Crippen LogP contribution in [0.1, 0.15) is 0 Å². The molecule has 0 saturated carbocycles. The minimum atomic E-state index is 0.586. The number of fused-ring (bicyclic) bond motifs is 4. The summed E-state index contributed by atoms with van der Waals surface area (Å²) in [6.45, 7) is 6.92. The minimum Gasteiger partial charge on any atom is -0.358 e. The summed E-state index contributed by atoms with van der Waals surface area (Å²) < 4.78 is 1.85. The van der Waals surface area contributed by atoms with Gasteiger partial charge in [-0.05, 0) is 12.1 Å². The average Bonchev–Trinajstić information content (AvgIpc) is 3.20. The average molecular weight is 375 g/mol. The predicted molar refractivity (Wildman–Crippen MR) is 102 cm³/mol. The smallest absolute Gasteiger partial charge is 0.214 e. The third-order valence-electron chi connectivity index (χ3n) is 5.06. The number of nitrogens with zero attached hydrogens (tertiary/aromatic N) is 5. The molecule has 3 fully saturated rings. The highest BCUT2D eigenvalue weighted by Crippen LogP contribution is 2.26. The lowest BCUT2D eigenvalue weighted by atomic mass is 10.1. The monoisotopic (exact) mass is 374 g/mol. The first-order chi connectivity index (χ1) is 12.2. The van der Waals surface area contributed by atoms with Gasteiger partial charge in [-0.15, -0.1) is 5.10 Å². The second-order valence-electron chi connectivity index (χ2n) is 6.64. The maximum Gasteiger partial charge on any atom is 0.214 e. The molecular weight excluding hydrogens is 356 g/mol. The van der Waals surface area contributed by atoms with E-state index in [1.807, 2.05) is 35.0 Å². The molecule has 0 amide bonds. The number of nitrogens with one attached hydrogen (secondary N) is 1. The molecule has 2 bridgehead atoms. The molecule has 2 aromatic heterocycles. The molecule has 1 N–H and O–H groups in total. The van der Waals surface area contributed by atoms with Crippen LogP contribution >= 0.6 is 22.9 Å². The van der Waals surface area contributed by atoms with E-state index in [9.17, 15) is 0 Å². The lowest BCUT2D eigenvalue weighted by Crippen LogP contribution is -2.62. The van der Waals surface area contributed by atoms with Crippen LogP contribution in [0.15, 0.2) is 30.5 Å². The van der Waals surface area contributed by atoms with E-state index in [1.165, 1.54) is 26.2 Å². The van der Waals surface area contributed by atoms with Crippen molar-refractivity contribution in [2.75, 3.05) is 44.6 Å². The summed E-state index contributed by atoms with van der Waals surface area (Å²) in [5, 5.41) is 9.80. The number of hydrogen-bond donors (Lipinski definition) is 1. The number of benzene rings is 1. The van der Waals surface area contributed by atoms with Gasteiger partial charge in [0.1, 0.15) is 0 Å². The van der Waals surface area contributed by atoms with Crippen LogP contribution in [0.25, 0.3) is 16.2 Å². The van der Waals surface area contributed by atoms with Gasteiger partial charge >= 0.3 is 0 Å². The standard InChI is InChI=1S/C17H19ClN6S/c18-13-3-1-12(2-4-13)15-11-24-17(20-15)25-16(21-24)19-9-14-10-22-5-7-23(14)8-6-22/h1-4,11,14H,5-10H2,(H,19,21). The van der Waals surface area contributed by atoms with Crippen molar-refractivity contribution in [1.82, 2.24) is 24.4 Å². The molecule has 0 radical (unpaired) electrons. The molecule has 3 aliphatic rings. The fraction of sp³-hybridized carbons (Fsp3) is 0.412. The Morgan fingerprint density at radius 2 is 1.96 bits per heavy atom. The maximum absolute atomic E-state index is 5.95. The van der Waals surface area contributed by atoms with E-state index in [4.69, 9.17) is 11.6 Å². The first-order valence-corrected chi connectivity index (χ1v) is 9.76. The third-order valence-corrected chi connectivity index (χ3v) is 6.20. The van der Waals surface area contributed by atoms with E-state index < -0.39 is 0 Å². The zero-order valence-electron chi connectivity index (χ0n) is 13.7. The van der Waals surface area contributed by atoms with Crippen LogP contribution in [0, 0.1) is 0 Å². The van der Waals surface area contributed by atoms with E-state index >= 15 is 0 Å². The highest BCUT2D eigenvalue weighted by atomic mass is 35.5. The normalized spacial score (nSPS) is 25.6. The molecule has 3 aliphatic heterocycles. The summed E-state index contributed by atoms with van der Waals surface area (Å²) in [5.41, 5.74) is 1.97. The van der Waals surface area contributed by atoms with Crippen LogP contribution in [0.5, 0.6) is 0 Å². The maximum atomic E-state index is 5.95. The minimum absolute atomic E-state index is 0.586. The number of hydrogen-bond acceptors (Lipinski definition) is 6. The van der Waals surface area contributed by atoms with Crippen LogP contribution in [-0.2, 0) is 0 Å². The molecule has 6 rings (SSSR count). The van der Waals surface area contributed by atoms with Crippen molar-refractivity contribution in [2.24, 2.45) is 0 Å². The molecule has 25 heavy (non-hydrogen) atoms. The van der Waals surface area contributed by atoms with E-state index in [0.717, 1.165) is 39.5 Å². The molecule has 0 spiro atoms. The van der Waals surface area contributed by atoms with Gasteiger partial charge in [-0.25, -0.2) is 9.50 Å². The second-order valence-corrected chi connectivity index (χ2v) is 8.03. The summed E-state index contributed by atoms with van der Waals surface area (Å²) in [6.07, 6.45) is 1.97. The van der Waals surface area contributed by atoms with Crippen molar-refractivity contribution in [1.29, 1.82) is 0 Å². The Labute approximate surface area is 155 Å². The van der Waals surface area contributed by atoms with Gasteiger partial charge < -0.3 is 5.32 Å². The quantitative estimate of drug-likeness (QED) is 0.760. The fourth-order valence-corrected chi connectivity index (χ4v) is 4.57. The zero-order valence-corrected chi connectivity index (χ0v) is 15.3. The molecule has 3 aromatic rings. The lowest BCUT2D eigenvalue weighted by Gasteiger charge is -2.47. The summed E-state index contributed by atoms with van der Waals surface area (Å²) in [5.74, 6) is 0. The topological polar surface area (TPSA) is 48.7 Å². The number of halogens is 1. The van der Waals surface area contributed by atoms with E-state index in [2.05, 4.69) is 25.2 Å². The summed E-state index contributed by atoms with van der Waals surface area (Å²) >= 11 is 7.55. The van der Waals surface area contributed by atoms with E-state index in [0.29, 0.717) is 6.04 Å². The SMILES string of the molecule is Clc1ccc(-c2cn3nc(NCC4CN5CCN4CC5)sc3n2)cc1. The molecule has 3 saturated heterocycles. The first-order valence-electron chi connectivity index (χ1n) is 8.57. The van der Waals surface area contributed by atoms with Crippen molar-refractivity contribution < 1.29 is 0 Å². The Bertz CT molecular complexity index is 849. The largest absolute Gasteiger partial charge is 0.358 e. The molecule has 0 aliphatic carbocycles. The van der Waals surface area contributed by atoms with Gasteiger partial charge in [0.25, 0.3) is 0 Å². The number of anilines is 1. The molecule has 1 unspecified atom stereocenters. The highest BCUT2D eigenvalue weighted by Gasteiger charge is 2.31. The second kappa shape index (κ2) is 6.25. The molecule has 1 aromatic carbocycles. The van der Waals surface area contributed by atoms with E-state index in [1.54, 1.807) is 11.3 Å². The molecule has 1 atom stereocenters. The number of imidazole rings is 1. The Balaban J connectivity index is 1.29. The Hall–Kier alpha value is -1.67. The van der Waals surface area contributed by atoms with Crippen molar-refractivity contribution >= 4 is 33.0 Å². The van der Waals surface area contributed by atoms with Gasteiger partial charge in [-0.3, -0.25) is 9.80 Å². The molecule has 6 nitrogen and oxygen atoms in total.